The summed E-state index contributed by atoms with van der Waals surface area (Å²) < 4.78 is 0. The van der Waals surface area contributed by atoms with Crippen LogP contribution in [-0.4, -0.2) is 61.5 Å². The molecule has 1 unspecified atom stereocenters. The minimum Gasteiger partial charge on any atom is -0.331 e. The molecule has 1 aromatic carbocycles. The smallest absolute Gasteiger partial charge is 0.318 e. The van der Waals surface area contributed by atoms with Crippen molar-refractivity contribution in [3.63, 3.8) is 0 Å². The van der Waals surface area contributed by atoms with Gasteiger partial charge in [-0.05, 0) is 65.5 Å². The molecule has 0 saturated carbocycles. The van der Waals surface area contributed by atoms with E-state index in [1.807, 2.05) is 30.9 Å². The van der Waals surface area contributed by atoms with E-state index in [-0.39, 0.29) is 18.1 Å². The highest BCUT2D eigenvalue weighted by Crippen LogP contribution is 2.36. The number of urea groups is 1. The van der Waals surface area contributed by atoms with Crippen molar-refractivity contribution in [3.05, 3.63) is 39.5 Å². The lowest BCUT2D eigenvalue weighted by Crippen LogP contribution is -2.50. The standard InChI is InChI=1S/C23H33Cl2N5O/c1-6-12-30(17-10-13-29(5)14-11-17)23(31)28-16(3)18-8-9-19(22(25)21(18)24)20(26-4)15-27-7-2/h7-9,15-17H,4,6,10-14H2,1-3,5H3,(H,28,31)/b20-15-,27-7-. The predicted molar refractivity (Wildman–Crippen MR) is 133 cm³/mol. The van der Waals surface area contributed by atoms with Crippen LogP contribution in [-0.2, 0) is 0 Å². The molecule has 1 fully saturated rings. The maximum atomic E-state index is 13.1. The van der Waals surface area contributed by atoms with E-state index < -0.39 is 0 Å². The Balaban J connectivity index is 2.20. The Morgan fingerprint density at radius 3 is 2.61 bits per heavy atom. The van der Waals surface area contributed by atoms with Gasteiger partial charge in [0, 0.05) is 24.4 Å². The Labute approximate surface area is 196 Å². The van der Waals surface area contributed by atoms with Crippen molar-refractivity contribution < 1.29 is 4.79 Å². The molecule has 31 heavy (non-hydrogen) atoms. The maximum absolute atomic E-state index is 13.1. The molecule has 2 amide bonds. The van der Waals surface area contributed by atoms with Gasteiger partial charge in [0.1, 0.15) is 0 Å². The van der Waals surface area contributed by atoms with E-state index in [0.29, 0.717) is 21.3 Å². The molecule has 1 aliphatic rings. The number of nitrogens with zero attached hydrogens (tertiary/aromatic N) is 4. The third-order valence-corrected chi connectivity index (χ3v) is 6.46. The number of benzene rings is 1. The summed E-state index contributed by atoms with van der Waals surface area (Å²) in [5.74, 6) is 0. The molecule has 0 aliphatic carbocycles. The lowest BCUT2D eigenvalue weighted by molar-refractivity contribution is 0.129. The fourth-order valence-electron chi connectivity index (χ4n) is 3.78. The lowest BCUT2D eigenvalue weighted by Gasteiger charge is -2.37. The van der Waals surface area contributed by atoms with Crippen molar-refractivity contribution >= 4 is 47.9 Å². The number of hydrogen-bond acceptors (Lipinski definition) is 4. The van der Waals surface area contributed by atoms with Gasteiger partial charge in [0.05, 0.1) is 28.0 Å². The number of hydrogen-bond donors (Lipinski definition) is 1. The first-order chi connectivity index (χ1) is 14.8. The quantitative estimate of drug-likeness (QED) is 0.503. The fourth-order valence-corrected chi connectivity index (χ4v) is 4.38. The number of carbonyl (C=O) groups excluding carboxylic acids is 1. The van der Waals surface area contributed by atoms with Gasteiger partial charge in [-0.1, -0.05) is 42.3 Å². The number of rotatable bonds is 8. The summed E-state index contributed by atoms with van der Waals surface area (Å²) in [5.41, 5.74) is 1.93. The molecular formula is C23H33Cl2N5O. The first kappa shape index (κ1) is 25.4. The Morgan fingerprint density at radius 2 is 2.03 bits per heavy atom. The van der Waals surface area contributed by atoms with Gasteiger partial charge >= 0.3 is 6.03 Å². The Kier molecular flexibility index (Phi) is 10.0. The van der Waals surface area contributed by atoms with Crippen LogP contribution >= 0.6 is 23.2 Å². The Morgan fingerprint density at radius 1 is 1.35 bits per heavy atom. The van der Waals surface area contributed by atoms with Gasteiger partial charge in [-0.25, -0.2) is 4.79 Å². The van der Waals surface area contributed by atoms with Gasteiger partial charge < -0.3 is 15.1 Å². The summed E-state index contributed by atoms with van der Waals surface area (Å²) in [6, 6.07) is 3.60. The van der Waals surface area contributed by atoms with E-state index >= 15 is 0 Å². The molecule has 170 valence electrons. The molecule has 1 saturated heterocycles. The number of amides is 2. The second-order valence-electron chi connectivity index (χ2n) is 7.81. The van der Waals surface area contributed by atoms with Gasteiger partial charge in [-0.2, -0.15) is 0 Å². The van der Waals surface area contributed by atoms with Gasteiger partial charge in [-0.15, -0.1) is 0 Å². The summed E-state index contributed by atoms with van der Waals surface area (Å²) in [6.07, 6.45) is 6.13. The highest BCUT2D eigenvalue weighted by Gasteiger charge is 2.28. The summed E-state index contributed by atoms with van der Waals surface area (Å²) in [5, 5.41) is 3.87. The zero-order valence-electron chi connectivity index (χ0n) is 18.9. The predicted octanol–water partition coefficient (Wildman–Crippen LogP) is 5.66. The molecule has 1 aliphatic heterocycles. The Bertz CT molecular complexity index is 832. The molecule has 1 atom stereocenters. The van der Waals surface area contributed by atoms with Crippen LogP contribution < -0.4 is 5.32 Å². The van der Waals surface area contributed by atoms with Crippen molar-refractivity contribution in [2.24, 2.45) is 9.98 Å². The molecule has 1 aromatic rings. The molecule has 0 bridgehead atoms. The maximum Gasteiger partial charge on any atom is 0.318 e. The van der Waals surface area contributed by atoms with Crippen LogP contribution in [0, 0.1) is 0 Å². The van der Waals surface area contributed by atoms with Crippen LogP contribution in [0.5, 0.6) is 0 Å². The van der Waals surface area contributed by atoms with Crippen molar-refractivity contribution in [1.82, 2.24) is 15.1 Å². The van der Waals surface area contributed by atoms with Crippen molar-refractivity contribution in [1.29, 1.82) is 0 Å². The molecule has 8 heteroatoms. The highest BCUT2D eigenvalue weighted by atomic mass is 35.5. The monoisotopic (exact) mass is 465 g/mol. The molecule has 0 radical (unpaired) electrons. The average molecular weight is 466 g/mol. The van der Waals surface area contributed by atoms with Crippen molar-refractivity contribution in [2.45, 2.75) is 52.1 Å². The lowest BCUT2D eigenvalue weighted by atomic mass is 10.0. The number of aliphatic imine (C=N–C) groups is 2. The zero-order chi connectivity index (χ0) is 23.0. The van der Waals surface area contributed by atoms with E-state index in [9.17, 15) is 4.79 Å². The van der Waals surface area contributed by atoms with Crippen molar-refractivity contribution in [3.8, 4) is 0 Å². The summed E-state index contributed by atoms with van der Waals surface area (Å²) in [7, 11) is 2.12. The van der Waals surface area contributed by atoms with E-state index in [2.05, 4.69) is 40.9 Å². The SMILES string of the molecule is C=N/C(=C\N=C/C)c1ccc(C(C)NC(=O)N(CCC)C2CCN(C)CC2)c(Cl)c1Cl. The number of nitrogens with one attached hydrogen (secondary N) is 1. The molecule has 0 spiro atoms. The number of piperidine rings is 1. The summed E-state index contributed by atoms with van der Waals surface area (Å²) in [6.45, 7) is 12.1. The van der Waals surface area contributed by atoms with Crippen LogP contribution in [0.1, 0.15) is 57.2 Å². The van der Waals surface area contributed by atoms with Crippen LogP contribution in [0.15, 0.2) is 28.3 Å². The first-order valence-electron chi connectivity index (χ1n) is 10.7. The van der Waals surface area contributed by atoms with Gasteiger partial charge in [0.15, 0.2) is 0 Å². The molecule has 6 nitrogen and oxygen atoms in total. The molecule has 0 aromatic heterocycles. The van der Waals surface area contributed by atoms with E-state index in [0.717, 1.165) is 44.5 Å². The van der Waals surface area contributed by atoms with Crippen LogP contribution in [0.4, 0.5) is 4.79 Å². The van der Waals surface area contributed by atoms with Gasteiger partial charge in [-0.3, -0.25) is 9.98 Å². The minimum atomic E-state index is -0.296. The largest absolute Gasteiger partial charge is 0.331 e. The first-order valence-corrected chi connectivity index (χ1v) is 11.5. The van der Waals surface area contributed by atoms with Crippen LogP contribution in [0.3, 0.4) is 0 Å². The van der Waals surface area contributed by atoms with Crippen LogP contribution in [0.2, 0.25) is 10.0 Å². The second kappa shape index (κ2) is 12.2. The molecular weight excluding hydrogens is 433 g/mol. The van der Waals surface area contributed by atoms with E-state index in [4.69, 9.17) is 23.2 Å². The number of halogens is 2. The van der Waals surface area contributed by atoms with Gasteiger partial charge in [0.25, 0.3) is 0 Å². The highest BCUT2D eigenvalue weighted by molar-refractivity contribution is 6.43. The fraction of sp³-hybridized carbons (Fsp3) is 0.522. The van der Waals surface area contributed by atoms with Crippen molar-refractivity contribution in [2.75, 3.05) is 26.7 Å². The van der Waals surface area contributed by atoms with E-state index in [1.54, 1.807) is 12.4 Å². The number of carbonyl (C=O) groups is 1. The second-order valence-corrected chi connectivity index (χ2v) is 8.56. The molecule has 1 N–H and O–H groups in total. The van der Waals surface area contributed by atoms with Gasteiger partial charge in [0.2, 0.25) is 0 Å². The van der Waals surface area contributed by atoms with E-state index in [1.165, 1.54) is 0 Å². The topological polar surface area (TPSA) is 60.3 Å². The average Bonchev–Trinajstić information content (AvgIpc) is 2.75. The third-order valence-electron chi connectivity index (χ3n) is 5.57. The molecule has 2 rings (SSSR count). The Hall–Kier alpha value is -1.89. The number of likely N-dealkylation sites (tertiary alicyclic amines) is 1. The van der Waals surface area contributed by atoms with Crippen LogP contribution in [0.25, 0.3) is 5.70 Å². The zero-order valence-corrected chi connectivity index (χ0v) is 20.4. The summed E-state index contributed by atoms with van der Waals surface area (Å²) in [4.78, 5) is 25.5. The normalized spacial score (nSPS) is 17.0. The third kappa shape index (κ3) is 6.55. The molecule has 1 heterocycles. The minimum absolute atomic E-state index is 0.0641. The summed E-state index contributed by atoms with van der Waals surface area (Å²) >= 11 is 13.1.